The Hall–Kier alpha value is -2.98. The Labute approximate surface area is 200 Å². The number of carbonyl (C=O) groups excluding carboxylic acids is 1. The molecule has 1 aliphatic rings. The predicted octanol–water partition coefficient (Wildman–Crippen LogP) is 3.17. The minimum Gasteiger partial charge on any atom is -0.357 e. The summed E-state index contributed by atoms with van der Waals surface area (Å²) in [6.07, 6.45) is 4.77. The Morgan fingerprint density at radius 1 is 1.12 bits per heavy atom. The van der Waals surface area contributed by atoms with E-state index in [1.807, 2.05) is 37.6 Å². The van der Waals surface area contributed by atoms with Gasteiger partial charge in [0.05, 0.1) is 27.8 Å². The number of carbonyl (C=O) groups is 1. The van der Waals surface area contributed by atoms with Crippen LogP contribution < -0.4 is 10.2 Å². The number of hydrogen-bond acceptors (Lipinski definition) is 6. The summed E-state index contributed by atoms with van der Waals surface area (Å²) in [5.41, 5.74) is 2.10. The van der Waals surface area contributed by atoms with Crippen molar-refractivity contribution in [3.8, 4) is 0 Å². The molecule has 1 aromatic carbocycles. The second-order valence-electron chi connectivity index (χ2n) is 8.47. The highest BCUT2D eigenvalue weighted by Gasteiger charge is 2.23. The van der Waals surface area contributed by atoms with E-state index in [-0.39, 0.29) is 17.2 Å². The fourth-order valence-electron chi connectivity index (χ4n) is 4.37. The van der Waals surface area contributed by atoms with Crippen molar-refractivity contribution >= 4 is 38.5 Å². The van der Waals surface area contributed by atoms with Crippen LogP contribution in [0.1, 0.15) is 38.9 Å². The molecule has 0 spiro atoms. The number of anilines is 2. The number of fused-ring (bicyclic) bond motifs is 1. The van der Waals surface area contributed by atoms with Crippen molar-refractivity contribution in [1.82, 2.24) is 18.8 Å². The zero-order chi connectivity index (χ0) is 24.3. The van der Waals surface area contributed by atoms with Crippen LogP contribution in [0.5, 0.6) is 0 Å². The molecule has 1 aliphatic heterocycles. The normalized spacial score (nSPS) is 14.3. The van der Waals surface area contributed by atoms with Crippen LogP contribution in [0.3, 0.4) is 0 Å². The minimum atomic E-state index is -3.55. The lowest BCUT2D eigenvalue weighted by Crippen LogP contribution is -2.30. The summed E-state index contributed by atoms with van der Waals surface area (Å²) in [5, 5.41) is 2.90. The number of hydrogen-bond donors (Lipinski definition) is 1. The first-order chi connectivity index (χ1) is 16.3. The summed E-state index contributed by atoms with van der Waals surface area (Å²) in [5.74, 6) is 1.55. The monoisotopic (exact) mass is 484 g/mol. The molecule has 1 amide bonds. The summed E-state index contributed by atoms with van der Waals surface area (Å²) in [6, 6.07) is 8.82. The van der Waals surface area contributed by atoms with E-state index >= 15 is 0 Å². The first-order valence-corrected chi connectivity index (χ1v) is 13.2. The van der Waals surface area contributed by atoms with Crippen LogP contribution in [0.2, 0.25) is 0 Å². The fraction of sp³-hybridized carbons (Fsp3) is 0.458. The quantitative estimate of drug-likeness (QED) is 0.501. The molecular formula is C24H32N6O3S. The van der Waals surface area contributed by atoms with Crippen molar-refractivity contribution < 1.29 is 13.2 Å². The van der Waals surface area contributed by atoms with Crippen molar-refractivity contribution in [1.29, 1.82) is 0 Å². The highest BCUT2D eigenvalue weighted by atomic mass is 32.2. The van der Waals surface area contributed by atoms with Gasteiger partial charge >= 0.3 is 0 Å². The van der Waals surface area contributed by atoms with Crippen LogP contribution in [0.15, 0.2) is 41.4 Å². The number of benzene rings is 1. The van der Waals surface area contributed by atoms with Gasteiger partial charge < -0.3 is 14.8 Å². The molecule has 1 fully saturated rings. The first-order valence-electron chi connectivity index (χ1n) is 11.8. The van der Waals surface area contributed by atoms with Crippen LogP contribution in [-0.2, 0) is 28.3 Å². The SMILES string of the molecule is CCN(CC)S(=O)(=O)c1ccc2c(c1)nc(CCC(=O)Nc1ccc(N3CCCC3)nc1)n2C. The van der Waals surface area contributed by atoms with Crippen molar-refractivity contribution in [2.75, 3.05) is 36.4 Å². The Bertz CT molecular complexity index is 1260. The number of nitrogens with one attached hydrogen (secondary N) is 1. The van der Waals surface area contributed by atoms with Gasteiger partial charge in [-0.15, -0.1) is 0 Å². The number of rotatable bonds is 9. The lowest BCUT2D eigenvalue weighted by molar-refractivity contribution is -0.116. The number of pyridine rings is 1. The largest absolute Gasteiger partial charge is 0.357 e. The van der Waals surface area contributed by atoms with Crippen LogP contribution in [0.25, 0.3) is 11.0 Å². The molecule has 10 heteroatoms. The number of amides is 1. The van der Waals surface area contributed by atoms with Gasteiger partial charge in [-0.3, -0.25) is 4.79 Å². The van der Waals surface area contributed by atoms with E-state index in [1.54, 1.807) is 24.4 Å². The van der Waals surface area contributed by atoms with Crippen molar-refractivity contribution in [3.63, 3.8) is 0 Å². The standard InChI is InChI=1S/C24H32N6O3S/c1-4-30(5-2)34(32,33)19-9-10-21-20(16-19)27-23(28(21)3)12-13-24(31)26-18-8-11-22(25-17-18)29-14-6-7-15-29/h8-11,16-17H,4-7,12-15H2,1-3H3,(H,26,31). The lowest BCUT2D eigenvalue weighted by Gasteiger charge is -2.18. The van der Waals surface area contributed by atoms with E-state index in [0.29, 0.717) is 30.7 Å². The van der Waals surface area contributed by atoms with Crippen LogP contribution in [0.4, 0.5) is 11.5 Å². The second kappa shape index (κ2) is 10.1. The molecule has 182 valence electrons. The zero-order valence-electron chi connectivity index (χ0n) is 20.0. The highest BCUT2D eigenvalue weighted by molar-refractivity contribution is 7.89. The third kappa shape index (κ3) is 4.92. The van der Waals surface area contributed by atoms with Gasteiger partial charge in [-0.1, -0.05) is 13.8 Å². The second-order valence-corrected chi connectivity index (χ2v) is 10.4. The van der Waals surface area contributed by atoms with Crippen LogP contribution >= 0.6 is 0 Å². The van der Waals surface area contributed by atoms with Gasteiger partial charge in [-0.05, 0) is 43.2 Å². The average Bonchev–Trinajstić information content (AvgIpc) is 3.47. The van der Waals surface area contributed by atoms with E-state index in [4.69, 9.17) is 0 Å². The molecule has 1 saturated heterocycles. The fourth-order valence-corrected chi connectivity index (χ4v) is 5.85. The van der Waals surface area contributed by atoms with Gasteiger partial charge in [0, 0.05) is 46.1 Å². The maximum atomic E-state index is 12.8. The molecule has 3 aromatic rings. The molecular weight excluding hydrogens is 452 g/mol. The molecule has 0 saturated carbocycles. The Balaban J connectivity index is 1.42. The smallest absolute Gasteiger partial charge is 0.243 e. The number of nitrogens with zero attached hydrogens (tertiary/aromatic N) is 5. The van der Waals surface area contributed by atoms with Gasteiger partial charge in [0.25, 0.3) is 0 Å². The Kier molecular flexibility index (Phi) is 7.18. The predicted molar refractivity (Wildman–Crippen MR) is 133 cm³/mol. The maximum absolute atomic E-state index is 12.8. The molecule has 2 aromatic heterocycles. The third-order valence-electron chi connectivity index (χ3n) is 6.33. The molecule has 0 aliphatic carbocycles. The number of sulfonamides is 1. The number of aryl methyl sites for hydroxylation is 2. The molecule has 0 bridgehead atoms. The molecule has 34 heavy (non-hydrogen) atoms. The molecule has 4 rings (SSSR count). The zero-order valence-corrected chi connectivity index (χ0v) is 20.8. The summed E-state index contributed by atoms with van der Waals surface area (Å²) < 4.78 is 29.0. The Morgan fingerprint density at radius 2 is 1.85 bits per heavy atom. The van der Waals surface area contributed by atoms with Crippen LogP contribution in [0, 0.1) is 0 Å². The Morgan fingerprint density at radius 3 is 2.50 bits per heavy atom. The molecule has 9 nitrogen and oxygen atoms in total. The van der Waals surface area contributed by atoms with Crippen LogP contribution in [-0.4, -0.2) is 59.3 Å². The molecule has 0 unspecified atom stereocenters. The van der Waals surface area contributed by atoms with Gasteiger partial charge in [0.2, 0.25) is 15.9 Å². The first kappa shape index (κ1) is 24.2. The van der Waals surface area contributed by atoms with Crippen molar-refractivity contribution in [2.24, 2.45) is 7.05 Å². The highest BCUT2D eigenvalue weighted by Crippen LogP contribution is 2.23. The lowest BCUT2D eigenvalue weighted by atomic mass is 10.2. The summed E-state index contributed by atoms with van der Waals surface area (Å²) in [7, 11) is -1.68. The molecule has 3 heterocycles. The maximum Gasteiger partial charge on any atom is 0.243 e. The summed E-state index contributed by atoms with van der Waals surface area (Å²) in [6.45, 7) is 6.52. The molecule has 1 N–H and O–H groups in total. The van der Waals surface area contributed by atoms with Gasteiger partial charge in [-0.25, -0.2) is 18.4 Å². The van der Waals surface area contributed by atoms with Gasteiger partial charge in [0.15, 0.2) is 0 Å². The third-order valence-corrected chi connectivity index (χ3v) is 8.37. The van der Waals surface area contributed by atoms with Gasteiger partial charge in [-0.2, -0.15) is 4.31 Å². The summed E-state index contributed by atoms with van der Waals surface area (Å²) >= 11 is 0. The molecule has 0 radical (unpaired) electrons. The number of aromatic nitrogens is 3. The van der Waals surface area contributed by atoms with Crippen molar-refractivity contribution in [3.05, 3.63) is 42.4 Å². The average molecular weight is 485 g/mol. The van der Waals surface area contributed by atoms with Gasteiger partial charge in [0.1, 0.15) is 11.6 Å². The van der Waals surface area contributed by atoms with E-state index < -0.39 is 10.0 Å². The van der Waals surface area contributed by atoms with Crippen molar-refractivity contribution in [2.45, 2.75) is 44.4 Å². The van der Waals surface area contributed by atoms with E-state index in [2.05, 4.69) is 20.2 Å². The van der Waals surface area contributed by atoms with E-state index in [9.17, 15) is 13.2 Å². The minimum absolute atomic E-state index is 0.118. The number of imidazole rings is 1. The summed E-state index contributed by atoms with van der Waals surface area (Å²) in [4.78, 5) is 24.1. The van der Waals surface area contributed by atoms with E-state index in [1.165, 1.54) is 17.1 Å². The topological polar surface area (TPSA) is 100 Å². The van der Waals surface area contributed by atoms with E-state index in [0.717, 1.165) is 30.2 Å². The molecule has 0 atom stereocenters.